The molecule has 3 aromatic heterocycles. The fourth-order valence-corrected chi connectivity index (χ4v) is 3.62. The van der Waals surface area contributed by atoms with Crippen molar-refractivity contribution >= 4 is 28.0 Å². The standard InChI is InChI=1S/C21H28N8/c1-2-3-4-5-6-7-10-13-22-20-19-21(24-14-23-19)28(15-25-20)16-29-18-12-9-8-11-17(18)26-27-29/h8-9,11-12,14-15H,2-7,10,13,16H2,1H3,(H,22,23,24)/p+1. The van der Waals surface area contributed by atoms with Crippen molar-refractivity contribution in [3.63, 3.8) is 0 Å². The highest BCUT2D eigenvalue weighted by molar-refractivity contribution is 5.79. The van der Waals surface area contributed by atoms with Crippen LogP contribution in [0.3, 0.4) is 0 Å². The molecule has 29 heavy (non-hydrogen) atoms. The largest absolute Gasteiger partial charge is 0.354 e. The number of nitrogens with one attached hydrogen (secondary N) is 2. The lowest BCUT2D eigenvalue weighted by Gasteiger charge is -2.06. The molecule has 0 saturated carbocycles. The van der Waals surface area contributed by atoms with Gasteiger partial charge in [0.1, 0.15) is 5.52 Å². The number of para-hydroxylation sites is 1. The van der Waals surface area contributed by atoms with Crippen molar-refractivity contribution < 1.29 is 4.57 Å². The Bertz CT molecular complexity index is 1050. The van der Waals surface area contributed by atoms with E-state index in [9.17, 15) is 0 Å². The lowest BCUT2D eigenvalue weighted by Crippen LogP contribution is -2.39. The van der Waals surface area contributed by atoms with Gasteiger partial charge in [-0.05, 0) is 18.6 Å². The monoisotopic (exact) mass is 393 g/mol. The molecule has 0 aliphatic heterocycles. The van der Waals surface area contributed by atoms with Crippen molar-refractivity contribution in [3.05, 3.63) is 36.9 Å². The zero-order valence-corrected chi connectivity index (χ0v) is 17.0. The lowest BCUT2D eigenvalue weighted by molar-refractivity contribution is -0.681. The molecule has 152 valence electrons. The number of aromatic nitrogens is 7. The van der Waals surface area contributed by atoms with Gasteiger partial charge in [-0.25, -0.2) is 9.25 Å². The van der Waals surface area contributed by atoms with Gasteiger partial charge in [0, 0.05) is 6.54 Å². The summed E-state index contributed by atoms with van der Waals surface area (Å²) in [4.78, 5) is 12.3. The van der Waals surface area contributed by atoms with Crippen molar-refractivity contribution in [2.75, 3.05) is 11.9 Å². The zero-order chi connectivity index (χ0) is 19.9. The number of anilines is 1. The average Bonchev–Trinajstić information content (AvgIpc) is 3.39. The van der Waals surface area contributed by atoms with Crippen LogP contribution in [-0.4, -0.2) is 36.5 Å². The van der Waals surface area contributed by atoms with Gasteiger partial charge in [-0.2, -0.15) is 0 Å². The Morgan fingerprint density at radius 2 is 1.86 bits per heavy atom. The highest BCUT2D eigenvalue weighted by Crippen LogP contribution is 2.15. The number of imidazole rings is 1. The third-order valence-electron chi connectivity index (χ3n) is 5.23. The molecule has 3 heterocycles. The maximum atomic E-state index is 4.62. The molecule has 0 radical (unpaired) electrons. The second-order valence-corrected chi connectivity index (χ2v) is 7.43. The van der Waals surface area contributed by atoms with Gasteiger partial charge in [0.05, 0.1) is 5.52 Å². The summed E-state index contributed by atoms with van der Waals surface area (Å²) in [5, 5.41) is 11.9. The van der Waals surface area contributed by atoms with Crippen LogP contribution in [0.15, 0.2) is 36.9 Å². The van der Waals surface area contributed by atoms with Crippen molar-refractivity contribution in [2.24, 2.45) is 0 Å². The SMILES string of the molecule is CCCCCCCCCNc1nc[n+](Cn2nnc3ccccc32)c2nc[nH]c12. The van der Waals surface area contributed by atoms with E-state index < -0.39 is 0 Å². The number of fused-ring (bicyclic) bond motifs is 2. The fraction of sp³-hybridized carbons (Fsp3) is 0.476. The van der Waals surface area contributed by atoms with Crippen molar-refractivity contribution in [1.82, 2.24) is 29.9 Å². The normalized spacial score (nSPS) is 11.5. The summed E-state index contributed by atoms with van der Waals surface area (Å²) in [6.45, 7) is 3.68. The summed E-state index contributed by atoms with van der Waals surface area (Å²) in [6.07, 6.45) is 12.6. The van der Waals surface area contributed by atoms with Crippen LogP contribution in [0.2, 0.25) is 0 Å². The third kappa shape index (κ3) is 4.52. The highest BCUT2D eigenvalue weighted by atomic mass is 15.5. The molecule has 8 nitrogen and oxygen atoms in total. The van der Waals surface area contributed by atoms with Crippen molar-refractivity contribution in [3.8, 4) is 0 Å². The van der Waals surface area contributed by atoms with Gasteiger partial charge in [0.25, 0.3) is 5.65 Å². The topological polar surface area (TPSA) is 88.2 Å². The van der Waals surface area contributed by atoms with E-state index in [0.29, 0.717) is 6.67 Å². The Labute approximate surface area is 170 Å². The molecule has 0 amide bonds. The van der Waals surface area contributed by atoms with E-state index in [4.69, 9.17) is 0 Å². The van der Waals surface area contributed by atoms with Gasteiger partial charge in [0.15, 0.2) is 18.5 Å². The summed E-state index contributed by atoms with van der Waals surface area (Å²) in [7, 11) is 0. The number of hydrogen-bond donors (Lipinski definition) is 2. The van der Waals surface area contributed by atoms with E-state index in [1.807, 2.05) is 39.8 Å². The Kier molecular flexibility index (Phi) is 6.29. The van der Waals surface area contributed by atoms with E-state index in [1.165, 1.54) is 38.5 Å². The average molecular weight is 394 g/mol. The van der Waals surface area contributed by atoms with Crippen LogP contribution >= 0.6 is 0 Å². The maximum Gasteiger partial charge on any atom is 0.294 e. The Morgan fingerprint density at radius 3 is 2.76 bits per heavy atom. The van der Waals surface area contributed by atoms with Crippen LogP contribution in [0.1, 0.15) is 51.9 Å². The lowest BCUT2D eigenvalue weighted by atomic mass is 10.1. The molecule has 0 aliphatic rings. The first-order valence-electron chi connectivity index (χ1n) is 10.6. The molecule has 0 bridgehead atoms. The van der Waals surface area contributed by atoms with E-state index in [2.05, 4.69) is 37.5 Å². The first kappa shape index (κ1) is 19.3. The van der Waals surface area contributed by atoms with Crippen LogP contribution in [0.25, 0.3) is 22.2 Å². The molecule has 0 aliphatic carbocycles. The molecular weight excluding hydrogens is 364 g/mol. The minimum atomic E-state index is 0.507. The number of rotatable bonds is 11. The quantitative estimate of drug-likeness (QED) is 0.300. The first-order chi connectivity index (χ1) is 14.4. The second-order valence-electron chi connectivity index (χ2n) is 7.43. The molecule has 8 heteroatoms. The van der Waals surface area contributed by atoms with Gasteiger partial charge in [-0.1, -0.05) is 72.8 Å². The Balaban J connectivity index is 1.39. The molecule has 0 unspecified atom stereocenters. The van der Waals surface area contributed by atoms with E-state index >= 15 is 0 Å². The van der Waals surface area contributed by atoms with Gasteiger partial charge in [-0.15, -0.1) is 5.10 Å². The zero-order valence-electron chi connectivity index (χ0n) is 17.0. The number of unbranched alkanes of at least 4 members (excludes halogenated alkanes) is 6. The minimum absolute atomic E-state index is 0.507. The summed E-state index contributed by atoms with van der Waals surface area (Å²) >= 11 is 0. The van der Waals surface area contributed by atoms with Gasteiger partial charge in [0.2, 0.25) is 12.1 Å². The minimum Gasteiger partial charge on any atom is -0.354 e. The van der Waals surface area contributed by atoms with Gasteiger partial charge < -0.3 is 10.3 Å². The van der Waals surface area contributed by atoms with Crippen LogP contribution in [-0.2, 0) is 6.67 Å². The molecular formula is C21H29N8+. The Morgan fingerprint density at radius 1 is 1.03 bits per heavy atom. The maximum absolute atomic E-state index is 4.62. The molecule has 4 rings (SSSR count). The predicted molar refractivity (Wildman–Crippen MR) is 113 cm³/mol. The van der Waals surface area contributed by atoms with E-state index in [0.717, 1.165) is 41.0 Å². The summed E-state index contributed by atoms with van der Waals surface area (Å²) < 4.78 is 3.84. The van der Waals surface area contributed by atoms with Crippen LogP contribution < -0.4 is 9.88 Å². The van der Waals surface area contributed by atoms with Crippen LogP contribution in [0.5, 0.6) is 0 Å². The first-order valence-corrected chi connectivity index (χ1v) is 10.6. The predicted octanol–water partition coefficient (Wildman–Crippen LogP) is 3.66. The summed E-state index contributed by atoms with van der Waals surface area (Å²) in [5.74, 6) is 0.850. The molecule has 0 atom stereocenters. The molecule has 0 saturated heterocycles. The number of benzene rings is 1. The van der Waals surface area contributed by atoms with E-state index in [-0.39, 0.29) is 0 Å². The number of H-pyrrole nitrogens is 1. The van der Waals surface area contributed by atoms with Gasteiger partial charge >= 0.3 is 0 Å². The van der Waals surface area contributed by atoms with Crippen molar-refractivity contribution in [2.45, 2.75) is 58.5 Å². The molecule has 1 aromatic carbocycles. The molecule has 0 fully saturated rings. The van der Waals surface area contributed by atoms with Gasteiger partial charge in [-0.3, -0.25) is 0 Å². The summed E-state index contributed by atoms with van der Waals surface area (Å²) in [5.41, 5.74) is 3.64. The molecule has 2 N–H and O–H groups in total. The smallest absolute Gasteiger partial charge is 0.294 e. The number of hydrogen-bond acceptors (Lipinski definition) is 5. The highest BCUT2D eigenvalue weighted by Gasteiger charge is 2.17. The fourth-order valence-electron chi connectivity index (χ4n) is 3.62. The summed E-state index contributed by atoms with van der Waals surface area (Å²) in [6, 6.07) is 7.94. The van der Waals surface area contributed by atoms with Crippen LogP contribution in [0.4, 0.5) is 5.82 Å². The molecule has 4 aromatic rings. The second kappa shape index (κ2) is 9.45. The third-order valence-corrected chi connectivity index (χ3v) is 5.23. The van der Waals surface area contributed by atoms with Crippen molar-refractivity contribution in [1.29, 1.82) is 0 Å². The Hall–Kier alpha value is -3.03. The number of aromatic amines is 1. The van der Waals surface area contributed by atoms with E-state index in [1.54, 1.807) is 6.33 Å². The van der Waals surface area contributed by atoms with Crippen LogP contribution in [0, 0.1) is 0 Å². The number of nitrogens with zero attached hydrogens (tertiary/aromatic N) is 6. The molecule has 0 spiro atoms.